The van der Waals surface area contributed by atoms with E-state index in [0.717, 1.165) is 33.0 Å². The Kier molecular flexibility index (Phi) is 5.47. The van der Waals surface area contributed by atoms with Gasteiger partial charge in [0.25, 0.3) is 0 Å². The summed E-state index contributed by atoms with van der Waals surface area (Å²) in [5.41, 5.74) is 5.23. The van der Waals surface area contributed by atoms with Gasteiger partial charge in [-0.05, 0) is 12.1 Å². The minimum Gasteiger partial charge on any atom is -0.504 e. The first-order chi connectivity index (χ1) is 20.6. The van der Waals surface area contributed by atoms with Crippen LogP contribution in [0.1, 0.15) is 0 Å². The first-order valence-corrected chi connectivity index (χ1v) is 13.3. The minimum absolute atomic E-state index is 0. The van der Waals surface area contributed by atoms with E-state index in [-0.39, 0.29) is 33.9 Å². The van der Waals surface area contributed by atoms with Gasteiger partial charge in [-0.15, -0.1) is 0 Å². The Bertz CT molecular complexity index is 2460. The van der Waals surface area contributed by atoms with E-state index in [1.807, 2.05) is 72.8 Å². The van der Waals surface area contributed by atoms with Gasteiger partial charge < -0.3 is 20.2 Å². The van der Waals surface area contributed by atoms with Crippen LogP contribution in [-0.4, -0.2) is 50.1 Å². The molecule has 5 heterocycles. The number of fused-ring (bicyclic) bond motifs is 20. The summed E-state index contributed by atoms with van der Waals surface area (Å²) in [6.07, 6.45) is 0. The van der Waals surface area contributed by atoms with Gasteiger partial charge in [0.15, 0.2) is 34.8 Å². The second-order valence-corrected chi connectivity index (χ2v) is 10.1. The van der Waals surface area contributed by atoms with E-state index >= 15 is 0 Å². The molecule has 3 aromatic heterocycles. The number of hydrogen-bond acceptors (Lipinski definition) is 8. The molecule has 2 aliphatic rings. The van der Waals surface area contributed by atoms with Crippen molar-refractivity contribution in [3.8, 4) is 57.1 Å². The summed E-state index contributed by atoms with van der Waals surface area (Å²) in [6.45, 7) is 0. The van der Waals surface area contributed by atoms with Crippen molar-refractivity contribution in [2.75, 3.05) is 0 Å². The number of nitrogens with zero attached hydrogens (tertiary/aromatic N) is 6. The number of phenols is 2. The number of hydrogen-bond donors (Lipinski definition) is 4. The zero-order valence-corrected chi connectivity index (χ0v) is 24.1. The maximum Gasteiger partial charge on any atom is 0.169 e. The van der Waals surface area contributed by atoms with Crippen LogP contribution < -0.4 is 0 Å². The molecule has 209 valence electrons. The maximum absolute atomic E-state index is 10.9. The smallest absolute Gasteiger partial charge is 0.169 e. The molecule has 0 saturated heterocycles. The number of aromatic amines is 2. The average molecular weight is 744 g/mol. The molecule has 4 aromatic carbocycles. The summed E-state index contributed by atoms with van der Waals surface area (Å²) in [6, 6.07) is 26.5. The van der Waals surface area contributed by atoms with E-state index in [4.69, 9.17) is 29.9 Å². The van der Waals surface area contributed by atoms with Crippen LogP contribution in [0.15, 0.2) is 84.9 Å². The number of H-pyrrole nitrogens is 2. The van der Waals surface area contributed by atoms with Crippen LogP contribution in [0, 0.1) is 0 Å². The third-order valence-corrected chi connectivity index (χ3v) is 7.67. The molecule has 1 radical (unpaired) electrons. The number of nitrogens with one attached hydrogen (secondary N) is 2. The molecule has 0 amide bonds. The summed E-state index contributed by atoms with van der Waals surface area (Å²) in [5, 5.41) is 24.0. The van der Waals surface area contributed by atoms with E-state index in [1.54, 1.807) is 6.07 Å². The molecule has 0 unspecified atom stereocenters. The van der Waals surface area contributed by atoms with E-state index < -0.39 is 0 Å². The molecule has 0 atom stereocenters. The van der Waals surface area contributed by atoms with Crippen molar-refractivity contribution in [2.45, 2.75) is 0 Å². The van der Waals surface area contributed by atoms with Crippen molar-refractivity contribution >= 4 is 44.1 Å². The summed E-state index contributed by atoms with van der Waals surface area (Å²) in [5.74, 6) is 1.30. The number of benzene rings is 4. The maximum atomic E-state index is 10.9. The molecule has 10 nitrogen and oxygen atoms in total. The van der Waals surface area contributed by atoms with Gasteiger partial charge in [0.2, 0.25) is 0 Å². The zero-order valence-electron chi connectivity index (χ0n) is 22.0. The van der Waals surface area contributed by atoms with Gasteiger partial charge in [0.1, 0.15) is 22.6 Å². The fourth-order valence-corrected chi connectivity index (χ4v) is 5.70. The predicted octanol–water partition coefficient (Wildman–Crippen LogP) is 6.28. The summed E-state index contributed by atoms with van der Waals surface area (Å²) < 4.78 is 0. The van der Waals surface area contributed by atoms with Gasteiger partial charge in [0.05, 0.1) is 5.39 Å². The van der Waals surface area contributed by atoms with E-state index in [2.05, 4.69) is 9.97 Å². The number of phenolic OH excluding ortho intramolecular Hbond substituents is 2. The third kappa shape index (κ3) is 3.71. The second kappa shape index (κ2) is 9.30. The molecule has 7 aromatic rings. The Morgan fingerprint density at radius 1 is 0.419 bits per heavy atom. The number of aromatic hydroxyl groups is 2. The van der Waals surface area contributed by atoms with Gasteiger partial charge in [-0.3, -0.25) is 0 Å². The minimum atomic E-state index is -0.302. The first kappa shape index (κ1) is 25.3. The van der Waals surface area contributed by atoms with Crippen LogP contribution in [-0.2, 0) is 22.4 Å². The molecule has 0 saturated carbocycles. The molecule has 4 N–H and O–H groups in total. The zero-order chi connectivity index (χ0) is 27.9. The molecular formula is C32H18AuN8O2. The Labute approximate surface area is 257 Å². The molecule has 9 rings (SSSR count). The van der Waals surface area contributed by atoms with Crippen LogP contribution >= 0.6 is 0 Å². The number of rotatable bonds is 0. The number of aromatic nitrogens is 8. The molecule has 0 spiro atoms. The summed E-state index contributed by atoms with van der Waals surface area (Å²) in [4.78, 5) is 36.0. The van der Waals surface area contributed by atoms with Gasteiger partial charge in [-0.25, -0.2) is 29.9 Å². The van der Waals surface area contributed by atoms with E-state index in [9.17, 15) is 10.2 Å². The molecule has 2 aliphatic heterocycles. The summed E-state index contributed by atoms with van der Waals surface area (Å²) >= 11 is 0. The topological polar surface area (TPSA) is 149 Å². The fraction of sp³-hybridized carbons (Fsp3) is 0. The van der Waals surface area contributed by atoms with Crippen molar-refractivity contribution in [1.82, 2.24) is 39.9 Å². The van der Waals surface area contributed by atoms with Crippen molar-refractivity contribution in [3.05, 3.63) is 84.9 Å². The van der Waals surface area contributed by atoms with Crippen LogP contribution in [0.25, 0.3) is 89.7 Å². The Morgan fingerprint density at radius 2 is 0.814 bits per heavy atom. The third-order valence-electron chi connectivity index (χ3n) is 7.67. The fourth-order valence-electron chi connectivity index (χ4n) is 5.70. The van der Waals surface area contributed by atoms with Crippen molar-refractivity contribution < 1.29 is 32.6 Å². The average Bonchev–Trinajstić information content (AvgIpc) is 3.74. The van der Waals surface area contributed by atoms with Crippen molar-refractivity contribution in [3.63, 3.8) is 0 Å². The van der Waals surface area contributed by atoms with Crippen LogP contribution in [0.5, 0.6) is 11.5 Å². The standard InChI is InChI=1S/C32H18N8O2.Au/c41-22-14-13-21-23(24(22)42)32-39-30-20-12-6-5-11-19(20)28(37-30)35-26-16-8-2-1-7-15(16)25(33-26)34-27-17-9-3-4-10-18(17)29(36-27)38-31(21)40-32;/h1-14,41-42H,(H2,33,34,35,36,37,38,39,40);. The van der Waals surface area contributed by atoms with E-state index in [0.29, 0.717) is 56.7 Å². The Morgan fingerprint density at radius 3 is 1.30 bits per heavy atom. The quantitative estimate of drug-likeness (QED) is 0.105. The Hall–Kier alpha value is -5.42. The molecule has 43 heavy (non-hydrogen) atoms. The molecule has 11 heteroatoms. The van der Waals surface area contributed by atoms with Crippen LogP contribution in [0.2, 0.25) is 0 Å². The molecular weight excluding hydrogens is 725 g/mol. The summed E-state index contributed by atoms with van der Waals surface area (Å²) in [7, 11) is 0. The van der Waals surface area contributed by atoms with Gasteiger partial charge >= 0.3 is 0 Å². The van der Waals surface area contributed by atoms with E-state index in [1.165, 1.54) is 6.07 Å². The SMILES string of the molecule is Oc1ccc2c3nc4nc(nc5[nH]c(nc6nc(nc([nH]3)c2c1O)-c1ccccc1-6)c1ccccc51)-c1ccccc1-4.[Au]. The van der Waals surface area contributed by atoms with Gasteiger partial charge in [-0.2, -0.15) is 0 Å². The van der Waals surface area contributed by atoms with Gasteiger partial charge in [0, 0.05) is 60.8 Å². The van der Waals surface area contributed by atoms with Crippen LogP contribution in [0.3, 0.4) is 0 Å². The molecule has 8 bridgehead atoms. The van der Waals surface area contributed by atoms with Crippen LogP contribution in [0.4, 0.5) is 0 Å². The van der Waals surface area contributed by atoms with Gasteiger partial charge in [-0.1, -0.05) is 72.8 Å². The van der Waals surface area contributed by atoms with Crippen molar-refractivity contribution in [1.29, 1.82) is 0 Å². The molecule has 0 aliphatic carbocycles. The normalized spacial score (nSPS) is 11.7. The monoisotopic (exact) mass is 743 g/mol. The Balaban J connectivity index is 0.00000278. The molecule has 0 fully saturated rings. The second-order valence-electron chi connectivity index (χ2n) is 10.1. The van der Waals surface area contributed by atoms with Crippen molar-refractivity contribution in [2.24, 2.45) is 0 Å². The first-order valence-electron chi connectivity index (χ1n) is 13.3. The largest absolute Gasteiger partial charge is 0.504 e. The predicted molar refractivity (Wildman–Crippen MR) is 159 cm³/mol.